The molecule has 0 spiro atoms. The molecule has 4 nitrogen and oxygen atoms in total. The molecule has 1 heterocycles. The molecule has 3 atom stereocenters. The lowest BCUT2D eigenvalue weighted by atomic mass is 9.80. The summed E-state index contributed by atoms with van der Waals surface area (Å²) in [6.45, 7) is 5.50. The summed E-state index contributed by atoms with van der Waals surface area (Å²) in [4.78, 5) is 3.99. The van der Waals surface area contributed by atoms with Gasteiger partial charge in [0.05, 0.1) is 6.54 Å². The van der Waals surface area contributed by atoms with Crippen LogP contribution in [0.15, 0.2) is 36.9 Å². The van der Waals surface area contributed by atoms with E-state index < -0.39 is 0 Å². The van der Waals surface area contributed by atoms with Crippen molar-refractivity contribution in [3.63, 3.8) is 0 Å². The van der Waals surface area contributed by atoms with Crippen molar-refractivity contribution in [1.29, 1.82) is 0 Å². The Morgan fingerprint density at radius 1 is 1.29 bits per heavy atom. The molecule has 0 radical (unpaired) electrons. The van der Waals surface area contributed by atoms with Crippen molar-refractivity contribution in [3.05, 3.63) is 42.5 Å². The Labute approximate surface area is 126 Å². The van der Waals surface area contributed by atoms with Crippen LogP contribution in [0.4, 0.5) is 5.69 Å². The minimum atomic E-state index is 0.593. The maximum Gasteiger partial charge on any atom is 0.137 e. The van der Waals surface area contributed by atoms with E-state index in [0.717, 1.165) is 18.4 Å². The zero-order valence-corrected chi connectivity index (χ0v) is 12.9. The standard InChI is InChI=1S/C17H24N4/c1-13-6-7-14(2)17(8-13)20-16-5-3-4-15(9-16)10-21-12-18-11-19-21/h3-5,9,11-14,17,20H,6-8,10H2,1-2H3. The highest BCUT2D eigenvalue weighted by Crippen LogP contribution is 2.30. The largest absolute Gasteiger partial charge is 0.382 e. The fourth-order valence-corrected chi connectivity index (χ4v) is 3.21. The SMILES string of the molecule is CC1CCC(C)C(Nc2cccc(Cn3cncn3)c2)C1. The zero-order valence-electron chi connectivity index (χ0n) is 12.9. The first-order valence-electron chi connectivity index (χ1n) is 7.88. The predicted molar refractivity (Wildman–Crippen MR) is 85.2 cm³/mol. The van der Waals surface area contributed by atoms with Gasteiger partial charge in [-0.25, -0.2) is 9.67 Å². The van der Waals surface area contributed by atoms with E-state index in [4.69, 9.17) is 0 Å². The molecule has 3 rings (SSSR count). The molecule has 3 unspecified atom stereocenters. The highest BCUT2D eigenvalue weighted by Gasteiger charge is 2.25. The van der Waals surface area contributed by atoms with E-state index >= 15 is 0 Å². The summed E-state index contributed by atoms with van der Waals surface area (Å²) in [5.41, 5.74) is 2.47. The van der Waals surface area contributed by atoms with Crippen LogP contribution in [0.1, 0.15) is 38.7 Å². The van der Waals surface area contributed by atoms with Gasteiger partial charge in [-0.1, -0.05) is 32.4 Å². The van der Waals surface area contributed by atoms with Crippen LogP contribution in [0, 0.1) is 11.8 Å². The first-order valence-corrected chi connectivity index (χ1v) is 7.88. The lowest BCUT2D eigenvalue weighted by Gasteiger charge is -2.34. The van der Waals surface area contributed by atoms with Crippen LogP contribution in [0.5, 0.6) is 0 Å². The molecule has 0 saturated heterocycles. The summed E-state index contributed by atoms with van der Waals surface area (Å²) in [7, 11) is 0. The Balaban J connectivity index is 1.68. The van der Waals surface area contributed by atoms with Crippen LogP contribution < -0.4 is 5.32 Å². The number of benzene rings is 1. The van der Waals surface area contributed by atoms with Crippen LogP contribution in [-0.2, 0) is 6.54 Å². The van der Waals surface area contributed by atoms with Gasteiger partial charge in [0.15, 0.2) is 0 Å². The van der Waals surface area contributed by atoms with Gasteiger partial charge in [0.1, 0.15) is 12.7 Å². The van der Waals surface area contributed by atoms with Crippen molar-refractivity contribution < 1.29 is 0 Å². The summed E-state index contributed by atoms with van der Waals surface area (Å²) < 4.78 is 1.85. The molecule has 1 fully saturated rings. The molecule has 1 aromatic heterocycles. The summed E-state index contributed by atoms with van der Waals surface area (Å²) in [5.74, 6) is 1.58. The topological polar surface area (TPSA) is 42.7 Å². The summed E-state index contributed by atoms with van der Waals surface area (Å²) in [5, 5.41) is 7.90. The van der Waals surface area contributed by atoms with E-state index in [0.29, 0.717) is 6.04 Å². The quantitative estimate of drug-likeness (QED) is 0.933. The van der Waals surface area contributed by atoms with Crippen molar-refractivity contribution in [2.45, 2.75) is 45.7 Å². The average Bonchev–Trinajstić information content (AvgIpc) is 2.96. The molecule has 0 aliphatic heterocycles. The second-order valence-corrected chi connectivity index (χ2v) is 6.44. The molecule has 1 aliphatic rings. The molecular weight excluding hydrogens is 260 g/mol. The molecule has 112 valence electrons. The van der Waals surface area contributed by atoms with Crippen LogP contribution in [0.25, 0.3) is 0 Å². The third-order valence-corrected chi connectivity index (χ3v) is 4.55. The van der Waals surface area contributed by atoms with E-state index in [2.05, 4.69) is 53.5 Å². The maximum absolute atomic E-state index is 4.16. The lowest BCUT2D eigenvalue weighted by Crippen LogP contribution is -2.33. The summed E-state index contributed by atoms with van der Waals surface area (Å²) in [6.07, 6.45) is 7.30. The smallest absolute Gasteiger partial charge is 0.137 e. The van der Waals surface area contributed by atoms with Crippen molar-refractivity contribution in [2.24, 2.45) is 11.8 Å². The van der Waals surface area contributed by atoms with E-state index in [1.54, 1.807) is 12.7 Å². The molecule has 1 saturated carbocycles. The van der Waals surface area contributed by atoms with Gasteiger partial charge in [0.2, 0.25) is 0 Å². The third kappa shape index (κ3) is 3.63. The Morgan fingerprint density at radius 3 is 3.00 bits per heavy atom. The Morgan fingerprint density at radius 2 is 2.19 bits per heavy atom. The van der Waals surface area contributed by atoms with Crippen LogP contribution in [0.2, 0.25) is 0 Å². The van der Waals surface area contributed by atoms with Gasteiger partial charge >= 0.3 is 0 Å². The molecule has 1 aromatic carbocycles. The van der Waals surface area contributed by atoms with E-state index in [-0.39, 0.29) is 0 Å². The van der Waals surface area contributed by atoms with Gasteiger partial charge < -0.3 is 5.32 Å². The Kier molecular flexibility index (Phi) is 4.23. The lowest BCUT2D eigenvalue weighted by molar-refractivity contribution is 0.280. The van der Waals surface area contributed by atoms with Crippen molar-refractivity contribution in [3.8, 4) is 0 Å². The maximum atomic E-state index is 4.16. The number of anilines is 1. The van der Waals surface area contributed by atoms with Gasteiger partial charge in [-0.05, 0) is 42.4 Å². The molecule has 21 heavy (non-hydrogen) atoms. The first-order chi connectivity index (χ1) is 10.2. The Bertz CT molecular complexity index is 564. The molecule has 0 bridgehead atoms. The average molecular weight is 284 g/mol. The molecular formula is C17H24N4. The first kappa shape index (κ1) is 14.1. The van der Waals surface area contributed by atoms with Crippen LogP contribution >= 0.6 is 0 Å². The molecule has 4 heteroatoms. The normalized spacial score (nSPS) is 25.7. The zero-order chi connectivity index (χ0) is 14.7. The monoisotopic (exact) mass is 284 g/mol. The third-order valence-electron chi connectivity index (χ3n) is 4.55. The summed E-state index contributed by atoms with van der Waals surface area (Å²) in [6, 6.07) is 9.24. The van der Waals surface area contributed by atoms with Crippen molar-refractivity contribution in [1.82, 2.24) is 14.8 Å². The van der Waals surface area contributed by atoms with Gasteiger partial charge in [-0.15, -0.1) is 0 Å². The molecule has 1 N–H and O–H groups in total. The van der Waals surface area contributed by atoms with E-state index in [9.17, 15) is 0 Å². The molecule has 0 amide bonds. The van der Waals surface area contributed by atoms with Crippen LogP contribution in [0.3, 0.4) is 0 Å². The van der Waals surface area contributed by atoms with Gasteiger partial charge in [0.25, 0.3) is 0 Å². The number of hydrogen-bond donors (Lipinski definition) is 1. The van der Waals surface area contributed by atoms with E-state index in [1.165, 1.54) is 30.5 Å². The minimum Gasteiger partial charge on any atom is -0.382 e. The molecule has 1 aliphatic carbocycles. The fraction of sp³-hybridized carbons (Fsp3) is 0.529. The second kappa shape index (κ2) is 6.29. The van der Waals surface area contributed by atoms with Gasteiger partial charge in [0, 0.05) is 11.7 Å². The highest BCUT2D eigenvalue weighted by atomic mass is 15.3. The number of aromatic nitrogens is 3. The van der Waals surface area contributed by atoms with Crippen molar-refractivity contribution in [2.75, 3.05) is 5.32 Å². The number of rotatable bonds is 4. The second-order valence-electron chi connectivity index (χ2n) is 6.44. The summed E-state index contributed by atoms with van der Waals surface area (Å²) >= 11 is 0. The van der Waals surface area contributed by atoms with Gasteiger partial charge in [-0.2, -0.15) is 5.10 Å². The van der Waals surface area contributed by atoms with Gasteiger partial charge in [-0.3, -0.25) is 0 Å². The van der Waals surface area contributed by atoms with Crippen LogP contribution in [-0.4, -0.2) is 20.8 Å². The number of nitrogens with one attached hydrogen (secondary N) is 1. The Hall–Kier alpha value is -1.84. The molecule has 2 aromatic rings. The predicted octanol–water partition coefficient (Wildman–Crippen LogP) is 3.56. The highest BCUT2D eigenvalue weighted by molar-refractivity contribution is 5.46. The van der Waals surface area contributed by atoms with E-state index in [1.807, 2.05) is 4.68 Å². The fourth-order valence-electron chi connectivity index (χ4n) is 3.21. The van der Waals surface area contributed by atoms with Crippen molar-refractivity contribution >= 4 is 5.69 Å². The number of hydrogen-bond acceptors (Lipinski definition) is 3. The number of nitrogens with zero attached hydrogens (tertiary/aromatic N) is 3. The minimum absolute atomic E-state index is 0.593.